The van der Waals surface area contributed by atoms with Crippen molar-refractivity contribution in [2.75, 3.05) is 0 Å². The van der Waals surface area contributed by atoms with E-state index < -0.39 is 0 Å². The Balaban J connectivity index is 1.40. The number of rotatable bonds is 4. The zero-order valence-corrected chi connectivity index (χ0v) is 14.5. The molecule has 3 unspecified atom stereocenters. The summed E-state index contributed by atoms with van der Waals surface area (Å²) in [4.78, 5) is 12.9. The molecular weight excluding hydrogens is 328 g/mol. The SMILES string of the molecule is O=C1C(c2ccc(O)cc2)=COC2CC(OCc3ccccc3)CCC12. The second-order valence-corrected chi connectivity index (χ2v) is 6.96. The number of aromatic hydroxyl groups is 1. The zero-order chi connectivity index (χ0) is 17.9. The lowest BCUT2D eigenvalue weighted by Gasteiger charge is -2.37. The van der Waals surface area contributed by atoms with Crippen LogP contribution >= 0.6 is 0 Å². The monoisotopic (exact) mass is 350 g/mol. The predicted octanol–water partition coefficient (Wildman–Crippen LogP) is 4.09. The van der Waals surface area contributed by atoms with Gasteiger partial charge in [0, 0.05) is 6.42 Å². The van der Waals surface area contributed by atoms with Gasteiger partial charge in [0.15, 0.2) is 5.78 Å². The number of ketones is 1. The number of phenols is 1. The van der Waals surface area contributed by atoms with Gasteiger partial charge in [-0.1, -0.05) is 42.5 Å². The van der Waals surface area contributed by atoms with E-state index in [1.807, 2.05) is 18.2 Å². The number of ether oxygens (including phenoxy) is 2. The number of benzene rings is 2. The minimum Gasteiger partial charge on any atom is -0.508 e. The molecule has 4 heteroatoms. The zero-order valence-electron chi connectivity index (χ0n) is 14.5. The first-order valence-corrected chi connectivity index (χ1v) is 9.05. The standard InChI is InChI=1S/C22H22O4/c23-17-8-6-16(7-9-17)20-14-26-21-12-18(10-11-19(21)22(20)24)25-13-15-4-2-1-3-5-15/h1-9,14,18-19,21,23H,10-13H2. The summed E-state index contributed by atoms with van der Waals surface area (Å²) < 4.78 is 11.9. The molecule has 1 saturated carbocycles. The smallest absolute Gasteiger partial charge is 0.173 e. The van der Waals surface area contributed by atoms with E-state index in [1.165, 1.54) is 0 Å². The highest BCUT2D eigenvalue weighted by Gasteiger charge is 2.40. The fourth-order valence-corrected chi connectivity index (χ4v) is 3.75. The van der Waals surface area contributed by atoms with Gasteiger partial charge >= 0.3 is 0 Å². The average molecular weight is 350 g/mol. The Morgan fingerprint density at radius 3 is 2.58 bits per heavy atom. The number of hydrogen-bond acceptors (Lipinski definition) is 4. The van der Waals surface area contributed by atoms with E-state index in [1.54, 1.807) is 30.5 Å². The van der Waals surface area contributed by atoms with Gasteiger partial charge in [-0.15, -0.1) is 0 Å². The number of Topliss-reactive ketones (excluding diaryl/α,β-unsaturated/α-hetero) is 1. The molecule has 134 valence electrons. The van der Waals surface area contributed by atoms with E-state index in [0.717, 1.165) is 30.4 Å². The van der Waals surface area contributed by atoms with Crippen molar-refractivity contribution in [1.82, 2.24) is 0 Å². The summed E-state index contributed by atoms with van der Waals surface area (Å²) in [6, 6.07) is 16.8. The summed E-state index contributed by atoms with van der Waals surface area (Å²) in [6.07, 6.45) is 3.97. The lowest BCUT2D eigenvalue weighted by Crippen LogP contribution is -2.41. The molecule has 0 spiro atoms. The molecule has 0 bridgehead atoms. The highest BCUT2D eigenvalue weighted by atomic mass is 16.5. The van der Waals surface area contributed by atoms with E-state index in [2.05, 4.69) is 12.1 Å². The van der Waals surface area contributed by atoms with Gasteiger partial charge in [0.25, 0.3) is 0 Å². The Kier molecular flexibility index (Phi) is 4.76. The molecule has 4 nitrogen and oxygen atoms in total. The molecule has 1 heterocycles. The number of carbonyl (C=O) groups is 1. The van der Waals surface area contributed by atoms with Crippen molar-refractivity contribution in [2.24, 2.45) is 5.92 Å². The highest BCUT2D eigenvalue weighted by Crippen LogP contribution is 2.37. The number of allylic oxidation sites excluding steroid dienone is 1. The molecule has 2 aromatic carbocycles. The maximum absolute atomic E-state index is 12.9. The van der Waals surface area contributed by atoms with Gasteiger partial charge in [-0.2, -0.15) is 0 Å². The van der Waals surface area contributed by atoms with Gasteiger partial charge in [-0.05, 0) is 36.1 Å². The lowest BCUT2D eigenvalue weighted by atomic mass is 9.78. The molecule has 3 atom stereocenters. The van der Waals surface area contributed by atoms with Crippen molar-refractivity contribution in [1.29, 1.82) is 0 Å². The third kappa shape index (κ3) is 3.51. The van der Waals surface area contributed by atoms with Crippen molar-refractivity contribution in [2.45, 2.75) is 38.1 Å². The largest absolute Gasteiger partial charge is 0.508 e. The van der Waals surface area contributed by atoms with Crippen LogP contribution in [-0.4, -0.2) is 23.1 Å². The topological polar surface area (TPSA) is 55.8 Å². The van der Waals surface area contributed by atoms with Crippen molar-refractivity contribution >= 4 is 11.4 Å². The maximum atomic E-state index is 12.9. The lowest BCUT2D eigenvalue weighted by molar-refractivity contribution is -0.128. The minimum atomic E-state index is -0.113. The number of carbonyl (C=O) groups excluding carboxylic acids is 1. The molecule has 0 aromatic heterocycles. The molecule has 1 aliphatic heterocycles. The van der Waals surface area contributed by atoms with Gasteiger partial charge < -0.3 is 14.6 Å². The average Bonchev–Trinajstić information content (AvgIpc) is 2.68. The Morgan fingerprint density at radius 2 is 1.81 bits per heavy atom. The number of phenolic OH excluding ortho intramolecular Hbond substituents is 1. The Bertz CT molecular complexity index is 795. The van der Waals surface area contributed by atoms with Crippen LogP contribution in [0, 0.1) is 5.92 Å². The number of fused-ring (bicyclic) bond motifs is 1. The summed E-state index contributed by atoms with van der Waals surface area (Å²) in [7, 11) is 0. The summed E-state index contributed by atoms with van der Waals surface area (Å²) in [5.74, 6) is 0.210. The molecule has 1 fully saturated rings. The second kappa shape index (κ2) is 7.34. The molecule has 0 amide bonds. The quantitative estimate of drug-likeness (QED) is 0.902. The fraction of sp³-hybridized carbons (Fsp3) is 0.318. The van der Waals surface area contributed by atoms with Crippen LogP contribution in [0.3, 0.4) is 0 Å². The molecular formula is C22H22O4. The number of hydrogen-bond donors (Lipinski definition) is 1. The van der Waals surface area contributed by atoms with Gasteiger partial charge in [-0.3, -0.25) is 4.79 Å². The van der Waals surface area contributed by atoms with E-state index in [0.29, 0.717) is 12.2 Å². The minimum absolute atomic E-state index is 0.111. The van der Waals surface area contributed by atoms with Crippen molar-refractivity contribution < 1.29 is 19.4 Å². The van der Waals surface area contributed by atoms with E-state index >= 15 is 0 Å². The van der Waals surface area contributed by atoms with Crippen LogP contribution in [0.25, 0.3) is 5.57 Å². The molecule has 26 heavy (non-hydrogen) atoms. The van der Waals surface area contributed by atoms with Gasteiger partial charge in [-0.25, -0.2) is 0 Å². The summed E-state index contributed by atoms with van der Waals surface area (Å²) in [5, 5.41) is 9.42. The first-order chi connectivity index (χ1) is 12.7. The van der Waals surface area contributed by atoms with Crippen LogP contribution in [0.1, 0.15) is 30.4 Å². The third-order valence-corrected chi connectivity index (χ3v) is 5.21. The summed E-state index contributed by atoms with van der Waals surface area (Å²) in [6.45, 7) is 0.589. The van der Waals surface area contributed by atoms with E-state index in [9.17, 15) is 9.90 Å². The summed E-state index contributed by atoms with van der Waals surface area (Å²) >= 11 is 0. The van der Waals surface area contributed by atoms with Crippen LogP contribution in [0.2, 0.25) is 0 Å². The van der Waals surface area contributed by atoms with Crippen LogP contribution in [-0.2, 0) is 20.9 Å². The Labute approximate surface area is 153 Å². The van der Waals surface area contributed by atoms with Crippen LogP contribution in [0.15, 0.2) is 60.9 Å². The summed E-state index contributed by atoms with van der Waals surface area (Å²) in [5.41, 5.74) is 2.54. The van der Waals surface area contributed by atoms with Gasteiger partial charge in [0.1, 0.15) is 11.9 Å². The van der Waals surface area contributed by atoms with Crippen molar-refractivity contribution in [3.05, 3.63) is 72.0 Å². The molecule has 2 aliphatic rings. The van der Waals surface area contributed by atoms with Gasteiger partial charge in [0.2, 0.25) is 0 Å². The molecule has 1 N–H and O–H groups in total. The normalized spacial score (nSPS) is 25.2. The molecule has 0 saturated heterocycles. The van der Waals surface area contributed by atoms with Gasteiger partial charge in [0.05, 0.1) is 30.5 Å². The Morgan fingerprint density at radius 1 is 1.04 bits per heavy atom. The van der Waals surface area contributed by atoms with Crippen LogP contribution in [0.4, 0.5) is 0 Å². The second-order valence-electron chi connectivity index (χ2n) is 6.96. The molecule has 4 rings (SSSR count). The first-order valence-electron chi connectivity index (χ1n) is 9.05. The highest BCUT2D eigenvalue weighted by molar-refractivity contribution is 6.22. The van der Waals surface area contributed by atoms with Crippen molar-refractivity contribution in [3.8, 4) is 5.75 Å². The first kappa shape index (κ1) is 16.9. The van der Waals surface area contributed by atoms with Crippen LogP contribution < -0.4 is 0 Å². The molecule has 2 aromatic rings. The van der Waals surface area contributed by atoms with Crippen molar-refractivity contribution in [3.63, 3.8) is 0 Å². The molecule has 0 radical (unpaired) electrons. The predicted molar refractivity (Wildman–Crippen MR) is 98.3 cm³/mol. The van der Waals surface area contributed by atoms with Crippen LogP contribution in [0.5, 0.6) is 5.75 Å². The maximum Gasteiger partial charge on any atom is 0.173 e. The Hall–Kier alpha value is -2.59. The third-order valence-electron chi connectivity index (χ3n) is 5.21. The molecule has 1 aliphatic carbocycles. The van der Waals surface area contributed by atoms with E-state index in [4.69, 9.17) is 9.47 Å². The fourth-order valence-electron chi connectivity index (χ4n) is 3.75. The van der Waals surface area contributed by atoms with E-state index in [-0.39, 0.29) is 29.7 Å².